The van der Waals surface area contributed by atoms with Gasteiger partial charge in [-0.15, -0.1) is 0 Å². The van der Waals surface area contributed by atoms with Crippen molar-refractivity contribution in [1.82, 2.24) is 9.97 Å². The van der Waals surface area contributed by atoms with Crippen LogP contribution < -0.4 is 5.56 Å². The molecule has 19 heavy (non-hydrogen) atoms. The molecular weight excluding hydrogens is 251 g/mol. The number of aryl methyl sites for hydroxylation is 1. The number of hydrogen-bond acceptors (Lipinski definition) is 3. The van der Waals surface area contributed by atoms with E-state index in [0.717, 1.165) is 0 Å². The van der Waals surface area contributed by atoms with Crippen LogP contribution >= 0.6 is 0 Å². The van der Waals surface area contributed by atoms with Crippen molar-refractivity contribution in [2.75, 3.05) is 0 Å². The SMILES string of the molecule is Cc1nc(-c2ccc(F)cc2)[nH]c(=O)c1CC(=O)O. The van der Waals surface area contributed by atoms with Crippen molar-refractivity contribution >= 4 is 5.97 Å². The van der Waals surface area contributed by atoms with E-state index >= 15 is 0 Å². The van der Waals surface area contributed by atoms with Crippen LogP contribution in [0.25, 0.3) is 11.4 Å². The molecule has 0 saturated heterocycles. The van der Waals surface area contributed by atoms with Gasteiger partial charge >= 0.3 is 5.97 Å². The molecule has 1 aromatic carbocycles. The van der Waals surface area contributed by atoms with Crippen molar-refractivity contribution in [3.05, 3.63) is 51.7 Å². The minimum Gasteiger partial charge on any atom is -0.481 e. The second kappa shape index (κ2) is 5.01. The lowest BCUT2D eigenvalue weighted by Gasteiger charge is -2.05. The maximum atomic E-state index is 12.8. The molecule has 5 nitrogen and oxygen atoms in total. The number of carboxylic acid groups (broad SMARTS) is 1. The molecule has 0 radical (unpaired) electrons. The number of nitrogens with one attached hydrogen (secondary N) is 1. The molecule has 0 atom stereocenters. The summed E-state index contributed by atoms with van der Waals surface area (Å²) in [4.78, 5) is 29.1. The topological polar surface area (TPSA) is 83.0 Å². The highest BCUT2D eigenvalue weighted by Crippen LogP contribution is 2.15. The summed E-state index contributed by atoms with van der Waals surface area (Å²) in [6, 6.07) is 5.50. The lowest BCUT2D eigenvalue weighted by atomic mass is 10.1. The Morgan fingerprint density at radius 3 is 2.53 bits per heavy atom. The van der Waals surface area contributed by atoms with Crippen molar-refractivity contribution in [1.29, 1.82) is 0 Å². The zero-order chi connectivity index (χ0) is 14.0. The van der Waals surface area contributed by atoms with Gasteiger partial charge in [0.2, 0.25) is 0 Å². The summed E-state index contributed by atoms with van der Waals surface area (Å²) in [7, 11) is 0. The highest BCUT2D eigenvalue weighted by Gasteiger charge is 2.12. The first kappa shape index (κ1) is 12.9. The van der Waals surface area contributed by atoms with Crippen LogP contribution in [0.15, 0.2) is 29.1 Å². The third-order valence-electron chi connectivity index (χ3n) is 2.67. The Bertz CT molecular complexity index is 677. The summed E-state index contributed by atoms with van der Waals surface area (Å²) in [6.07, 6.45) is -0.377. The quantitative estimate of drug-likeness (QED) is 0.878. The molecule has 0 saturated carbocycles. The smallest absolute Gasteiger partial charge is 0.308 e. The summed E-state index contributed by atoms with van der Waals surface area (Å²) >= 11 is 0. The minimum absolute atomic E-state index is 0.123. The third-order valence-corrected chi connectivity index (χ3v) is 2.67. The fourth-order valence-electron chi connectivity index (χ4n) is 1.71. The molecule has 6 heteroatoms. The van der Waals surface area contributed by atoms with Crippen LogP contribution in [0.5, 0.6) is 0 Å². The van der Waals surface area contributed by atoms with E-state index in [9.17, 15) is 14.0 Å². The van der Waals surface area contributed by atoms with Crippen LogP contribution in [-0.4, -0.2) is 21.0 Å². The molecule has 0 amide bonds. The number of aromatic amines is 1. The average Bonchev–Trinajstić information content (AvgIpc) is 2.34. The molecule has 2 rings (SSSR count). The number of rotatable bonds is 3. The summed E-state index contributed by atoms with van der Waals surface area (Å²) in [5, 5.41) is 8.71. The second-order valence-electron chi connectivity index (χ2n) is 4.06. The molecule has 0 aliphatic heterocycles. The van der Waals surface area contributed by atoms with Crippen LogP contribution in [0, 0.1) is 12.7 Å². The van der Waals surface area contributed by atoms with Gasteiger partial charge in [0.05, 0.1) is 6.42 Å². The number of aliphatic carboxylic acids is 1. The van der Waals surface area contributed by atoms with Crippen molar-refractivity contribution in [3.63, 3.8) is 0 Å². The van der Waals surface area contributed by atoms with Gasteiger partial charge in [-0.2, -0.15) is 0 Å². The lowest BCUT2D eigenvalue weighted by Crippen LogP contribution is -2.20. The maximum absolute atomic E-state index is 12.8. The molecule has 0 aliphatic carbocycles. The van der Waals surface area contributed by atoms with E-state index < -0.39 is 11.5 Å². The predicted octanol–water partition coefficient (Wildman–Crippen LogP) is 1.51. The van der Waals surface area contributed by atoms with Crippen LogP contribution in [0.1, 0.15) is 11.3 Å². The third kappa shape index (κ3) is 2.85. The van der Waals surface area contributed by atoms with E-state index in [1.54, 1.807) is 6.92 Å². The number of carbonyl (C=O) groups is 1. The fraction of sp³-hybridized carbons (Fsp3) is 0.154. The minimum atomic E-state index is -1.09. The van der Waals surface area contributed by atoms with Crippen LogP contribution in [0.4, 0.5) is 4.39 Å². The van der Waals surface area contributed by atoms with Gasteiger partial charge in [-0.25, -0.2) is 9.37 Å². The first-order valence-electron chi connectivity index (χ1n) is 5.55. The zero-order valence-corrected chi connectivity index (χ0v) is 10.1. The van der Waals surface area contributed by atoms with Crippen molar-refractivity contribution in [2.45, 2.75) is 13.3 Å². The Labute approximate surface area is 107 Å². The molecule has 0 bridgehead atoms. The average molecular weight is 262 g/mol. The molecular formula is C13H11FN2O3. The first-order valence-corrected chi connectivity index (χ1v) is 5.55. The molecule has 1 aromatic heterocycles. The monoisotopic (exact) mass is 262 g/mol. The molecule has 2 N–H and O–H groups in total. The molecule has 98 valence electrons. The van der Waals surface area contributed by atoms with Crippen LogP contribution in [0.3, 0.4) is 0 Å². The second-order valence-corrected chi connectivity index (χ2v) is 4.06. The Kier molecular flexibility index (Phi) is 3.41. The van der Waals surface area contributed by atoms with Crippen molar-refractivity contribution in [2.24, 2.45) is 0 Å². The van der Waals surface area contributed by atoms with Crippen molar-refractivity contribution in [3.8, 4) is 11.4 Å². The summed E-state index contributed by atoms with van der Waals surface area (Å²) in [6.45, 7) is 1.57. The number of aromatic nitrogens is 2. The zero-order valence-electron chi connectivity index (χ0n) is 10.1. The molecule has 0 fully saturated rings. The van der Waals surface area contributed by atoms with Gasteiger partial charge in [0.15, 0.2) is 0 Å². The number of benzene rings is 1. The lowest BCUT2D eigenvalue weighted by molar-refractivity contribution is -0.136. The Hall–Kier alpha value is -2.50. The van der Waals surface area contributed by atoms with Crippen LogP contribution in [0.2, 0.25) is 0 Å². The van der Waals surface area contributed by atoms with Gasteiger partial charge in [-0.1, -0.05) is 0 Å². The molecule has 2 aromatic rings. The number of hydrogen-bond donors (Lipinski definition) is 2. The highest BCUT2D eigenvalue weighted by atomic mass is 19.1. The van der Waals surface area contributed by atoms with Crippen molar-refractivity contribution < 1.29 is 14.3 Å². The Morgan fingerprint density at radius 2 is 2.00 bits per heavy atom. The Balaban J connectivity index is 2.48. The van der Waals surface area contributed by atoms with Gasteiger partial charge in [-0.3, -0.25) is 9.59 Å². The number of carboxylic acids is 1. The van der Waals surface area contributed by atoms with E-state index in [1.807, 2.05) is 0 Å². The van der Waals surface area contributed by atoms with E-state index in [0.29, 0.717) is 11.3 Å². The number of halogens is 1. The van der Waals surface area contributed by atoms with Gasteiger partial charge in [0, 0.05) is 16.8 Å². The summed E-state index contributed by atoms with van der Waals surface area (Å²) in [5.74, 6) is -1.19. The van der Waals surface area contributed by atoms with E-state index in [1.165, 1.54) is 24.3 Å². The predicted molar refractivity (Wildman–Crippen MR) is 66.3 cm³/mol. The van der Waals surface area contributed by atoms with E-state index in [-0.39, 0.29) is 23.6 Å². The highest BCUT2D eigenvalue weighted by molar-refractivity contribution is 5.70. The molecule has 0 unspecified atom stereocenters. The summed E-state index contributed by atoms with van der Waals surface area (Å²) in [5.41, 5.74) is 0.543. The summed E-state index contributed by atoms with van der Waals surface area (Å²) < 4.78 is 12.8. The maximum Gasteiger partial charge on any atom is 0.308 e. The largest absolute Gasteiger partial charge is 0.481 e. The Morgan fingerprint density at radius 1 is 1.37 bits per heavy atom. The first-order chi connectivity index (χ1) is 8.97. The fourth-order valence-corrected chi connectivity index (χ4v) is 1.71. The molecule has 0 spiro atoms. The normalized spacial score (nSPS) is 10.4. The molecule has 0 aliphatic rings. The van der Waals surface area contributed by atoms with Gasteiger partial charge < -0.3 is 10.1 Å². The van der Waals surface area contributed by atoms with Crippen LogP contribution in [-0.2, 0) is 11.2 Å². The number of nitrogens with zero attached hydrogens (tertiary/aromatic N) is 1. The number of H-pyrrole nitrogens is 1. The standard InChI is InChI=1S/C13H11FN2O3/c1-7-10(6-11(17)18)13(19)16-12(15-7)8-2-4-9(14)5-3-8/h2-5H,6H2,1H3,(H,17,18)(H,15,16,19). The van der Waals surface area contributed by atoms with E-state index in [4.69, 9.17) is 5.11 Å². The van der Waals surface area contributed by atoms with Gasteiger partial charge in [0.25, 0.3) is 5.56 Å². The van der Waals surface area contributed by atoms with Gasteiger partial charge in [0.1, 0.15) is 11.6 Å². The van der Waals surface area contributed by atoms with Gasteiger partial charge in [-0.05, 0) is 31.2 Å². The van der Waals surface area contributed by atoms with E-state index in [2.05, 4.69) is 9.97 Å². The molecule has 1 heterocycles.